The molecule has 6 nitrogen and oxygen atoms in total. The van der Waals surface area contributed by atoms with Gasteiger partial charge < -0.3 is 10.6 Å². The molecule has 2 heterocycles. The molecule has 2 N–H and O–H groups in total. The number of aryl methyl sites for hydroxylation is 1. The lowest BCUT2D eigenvalue weighted by atomic mass is 10.0. The van der Waals surface area contributed by atoms with Crippen molar-refractivity contribution in [2.45, 2.75) is 26.8 Å². The largest absolute Gasteiger partial charge is 0.344 e. The first-order valence-corrected chi connectivity index (χ1v) is 10.2. The molecule has 0 fully saturated rings. The number of carbonyl (C=O) groups is 2. The van der Waals surface area contributed by atoms with E-state index >= 15 is 0 Å². The smallest absolute Gasteiger partial charge is 0.286 e. The summed E-state index contributed by atoms with van der Waals surface area (Å²) >= 11 is 2.87. The summed E-state index contributed by atoms with van der Waals surface area (Å²) in [5.41, 5.74) is 1.14. The molecule has 27 heavy (non-hydrogen) atoms. The quantitative estimate of drug-likeness (QED) is 0.647. The van der Waals surface area contributed by atoms with Gasteiger partial charge in [-0.1, -0.05) is 31.3 Å². The Hall–Kier alpha value is -2.58. The summed E-state index contributed by atoms with van der Waals surface area (Å²) in [5, 5.41) is 16.6. The number of hydrogen-bond donors (Lipinski definition) is 2. The summed E-state index contributed by atoms with van der Waals surface area (Å²) < 4.78 is 0. The van der Waals surface area contributed by atoms with Crippen LogP contribution in [0, 0.1) is 12.8 Å². The van der Waals surface area contributed by atoms with E-state index in [0.717, 1.165) is 9.88 Å². The van der Waals surface area contributed by atoms with E-state index in [9.17, 15) is 9.59 Å². The molecule has 0 radical (unpaired) electrons. The van der Waals surface area contributed by atoms with Gasteiger partial charge in [0.15, 0.2) is 0 Å². The van der Waals surface area contributed by atoms with E-state index in [1.54, 1.807) is 42.5 Å². The monoisotopic (exact) mass is 400 g/mol. The van der Waals surface area contributed by atoms with Crippen LogP contribution < -0.4 is 10.6 Å². The highest BCUT2D eigenvalue weighted by Crippen LogP contribution is 2.26. The molecular weight excluding hydrogens is 380 g/mol. The molecular formula is C19H20N4O2S2. The van der Waals surface area contributed by atoms with E-state index in [4.69, 9.17) is 0 Å². The number of nitrogens with zero attached hydrogens (tertiary/aromatic N) is 2. The molecule has 8 heteroatoms. The maximum absolute atomic E-state index is 12.6. The van der Waals surface area contributed by atoms with E-state index < -0.39 is 0 Å². The predicted molar refractivity (Wildman–Crippen MR) is 108 cm³/mol. The number of amides is 2. The molecule has 140 valence electrons. The van der Waals surface area contributed by atoms with Crippen molar-refractivity contribution in [3.8, 4) is 0 Å². The van der Waals surface area contributed by atoms with Gasteiger partial charge >= 0.3 is 0 Å². The summed E-state index contributed by atoms with van der Waals surface area (Å²) in [6, 6.07) is 10.8. The zero-order valence-electron chi connectivity index (χ0n) is 15.2. The van der Waals surface area contributed by atoms with Crippen LogP contribution in [0.2, 0.25) is 0 Å². The Labute approximate surface area is 165 Å². The lowest BCUT2D eigenvalue weighted by Crippen LogP contribution is -2.31. The van der Waals surface area contributed by atoms with Gasteiger partial charge in [0.1, 0.15) is 5.01 Å². The van der Waals surface area contributed by atoms with Crippen LogP contribution in [0.3, 0.4) is 0 Å². The fourth-order valence-corrected chi connectivity index (χ4v) is 4.07. The molecule has 3 rings (SSSR count). The average Bonchev–Trinajstić information content (AvgIpc) is 3.31. The van der Waals surface area contributed by atoms with Gasteiger partial charge in [-0.3, -0.25) is 9.59 Å². The summed E-state index contributed by atoms with van der Waals surface area (Å²) in [5.74, 6) is -0.170. The molecule has 0 bridgehead atoms. The van der Waals surface area contributed by atoms with Gasteiger partial charge in [-0.15, -0.1) is 21.5 Å². The van der Waals surface area contributed by atoms with Crippen LogP contribution in [0.4, 0.5) is 5.69 Å². The summed E-state index contributed by atoms with van der Waals surface area (Å²) in [6.45, 7) is 5.96. The van der Waals surface area contributed by atoms with Crippen molar-refractivity contribution in [1.82, 2.24) is 15.5 Å². The number of thiophene rings is 1. The first-order valence-electron chi connectivity index (χ1n) is 8.50. The number of hydrogen-bond acceptors (Lipinski definition) is 6. The molecule has 0 aliphatic rings. The Balaban J connectivity index is 1.65. The molecule has 0 saturated heterocycles. The van der Waals surface area contributed by atoms with E-state index in [-0.39, 0.29) is 23.8 Å². The van der Waals surface area contributed by atoms with E-state index in [2.05, 4.69) is 34.7 Å². The first kappa shape index (κ1) is 19.2. The van der Waals surface area contributed by atoms with Crippen molar-refractivity contribution in [2.24, 2.45) is 5.92 Å². The fraction of sp³-hybridized carbons (Fsp3) is 0.263. The molecule has 1 aromatic carbocycles. The number of nitrogens with one attached hydrogen (secondary N) is 2. The third kappa shape index (κ3) is 4.78. The highest BCUT2D eigenvalue weighted by atomic mass is 32.1. The zero-order valence-corrected chi connectivity index (χ0v) is 16.9. The topological polar surface area (TPSA) is 84.0 Å². The van der Waals surface area contributed by atoms with Crippen LogP contribution >= 0.6 is 22.7 Å². The fourth-order valence-electron chi connectivity index (χ4n) is 2.54. The maximum atomic E-state index is 12.6. The Bertz CT molecular complexity index is 918. The SMILES string of the molecule is Cc1nnc(C(=O)Nc2ccc(C(=O)N[C@@H](c3cccs3)C(C)C)cc2)s1. The minimum atomic E-state index is -0.310. The highest BCUT2D eigenvalue weighted by molar-refractivity contribution is 7.13. The van der Waals surface area contributed by atoms with Gasteiger partial charge in [-0.05, 0) is 48.6 Å². The van der Waals surface area contributed by atoms with Crippen LogP contribution in [-0.2, 0) is 0 Å². The van der Waals surface area contributed by atoms with Crippen LogP contribution in [-0.4, -0.2) is 22.0 Å². The molecule has 2 amide bonds. The Morgan fingerprint density at radius 1 is 1.04 bits per heavy atom. The Morgan fingerprint density at radius 2 is 1.78 bits per heavy atom. The summed E-state index contributed by atoms with van der Waals surface area (Å²) in [6.07, 6.45) is 0. The number of carbonyl (C=O) groups excluding carboxylic acids is 2. The molecule has 3 aromatic rings. The van der Waals surface area contributed by atoms with Crippen LogP contribution in [0.25, 0.3) is 0 Å². The van der Waals surface area contributed by atoms with Gasteiger partial charge in [0.05, 0.1) is 6.04 Å². The minimum absolute atomic E-state index is 0.0301. The van der Waals surface area contributed by atoms with Gasteiger partial charge in [0.25, 0.3) is 11.8 Å². The molecule has 0 aliphatic carbocycles. The summed E-state index contributed by atoms with van der Waals surface area (Å²) in [7, 11) is 0. The predicted octanol–water partition coefficient (Wildman–Crippen LogP) is 4.29. The molecule has 2 aromatic heterocycles. The number of anilines is 1. The van der Waals surface area contributed by atoms with Crippen molar-refractivity contribution < 1.29 is 9.59 Å². The summed E-state index contributed by atoms with van der Waals surface area (Å²) in [4.78, 5) is 25.9. The Kier molecular flexibility index (Phi) is 5.98. The standard InChI is InChI=1S/C19H20N4O2S2/c1-11(2)16(15-5-4-10-26-15)21-17(24)13-6-8-14(9-7-13)20-18(25)19-23-22-12(3)27-19/h4-11,16H,1-3H3,(H,20,25)(H,21,24)/t16-/m1/s1. The van der Waals surface area contributed by atoms with Crippen molar-refractivity contribution >= 4 is 40.2 Å². The van der Waals surface area contributed by atoms with Crippen molar-refractivity contribution in [2.75, 3.05) is 5.32 Å². The molecule has 0 saturated carbocycles. The third-order valence-corrected chi connectivity index (χ3v) is 5.72. The highest BCUT2D eigenvalue weighted by Gasteiger charge is 2.20. The minimum Gasteiger partial charge on any atom is -0.344 e. The van der Waals surface area contributed by atoms with E-state index in [1.165, 1.54) is 11.3 Å². The van der Waals surface area contributed by atoms with Gasteiger partial charge in [0, 0.05) is 16.1 Å². The second-order valence-electron chi connectivity index (χ2n) is 6.37. The lowest BCUT2D eigenvalue weighted by Gasteiger charge is -2.21. The van der Waals surface area contributed by atoms with E-state index in [1.807, 2.05) is 17.5 Å². The average molecular weight is 401 g/mol. The molecule has 0 aliphatic heterocycles. The third-order valence-electron chi connectivity index (χ3n) is 3.93. The van der Waals surface area contributed by atoms with Crippen LogP contribution in [0.15, 0.2) is 41.8 Å². The normalized spacial score (nSPS) is 12.0. The Morgan fingerprint density at radius 3 is 2.33 bits per heavy atom. The molecule has 0 spiro atoms. The van der Waals surface area contributed by atoms with E-state index in [0.29, 0.717) is 16.3 Å². The van der Waals surface area contributed by atoms with Gasteiger partial charge in [0.2, 0.25) is 5.01 Å². The molecule has 0 unspecified atom stereocenters. The van der Waals surface area contributed by atoms with Gasteiger partial charge in [-0.25, -0.2) is 0 Å². The maximum Gasteiger partial charge on any atom is 0.286 e. The van der Waals surface area contributed by atoms with Crippen molar-refractivity contribution in [3.63, 3.8) is 0 Å². The van der Waals surface area contributed by atoms with Crippen molar-refractivity contribution in [1.29, 1.82) is 0 Å². The van der Waals surface area contributed by atoms with Crippen LogP contribution in [0.5, 0.6) is 0 Å². The number of rotatable bonds is 6. The number of aromatic nitrogens is 2. The molecule has 1 atom stereocenters. The van der Waals surface area contributed by atoms with Crippen molar-refractivity contribution in [3.05, 3.63) is 62.2 Å². The van der Waals surface area contributed by atoms with Crippen LogP contribution in [0.1, 0.15) is 49.9 Å². The lowest BCUT2D eigenvalue weighted by molar-refractivity contribution is 0.0926. The second-order valence-corrected chi connectivity index (χ2v) is 8.53. The zero-order chi connectivity index (χ0) is 19.4. The first-order chi connectivity index (χ1) is 12.9. The number of benzene rings is 1. The second kappa shape index (κ2) is 8.41. The van der Waals surface area contributed by atoms with Gasteiger partial charge in [-0.2, -0.15) is 0 Å².